The lowest BCUT2D eigenvalue weighted by atomic mass is 10.0. The molecule has 1 atom stereocenters. The smallest absolute Gasteiger partial charge is 0.326 e. The first-order valence-electron chi connectivity index (χ1n) is 6.27. The number of aliphatic carboxylic acids is 1. The van der Waals surface area contributed by atoms with Crippen LogP contribution in [0.15, 0.2) is 0 Å². The molecular weight excluding hydrogens is 246 g/mol. The van der Waals surface area contributed by atoms with Gasteiger partial charge < -0.3 is 10.0 Å². The molecule has 1 heterocycles. The van der Waals surface area contributed by atoms with E-state index in [1.165, 1.54) is 11.9 Å². The van der Waals surface area contributed by atoms with Gasteiger partial charge in [-0.2, -0.15) is 5.10 Å². The topological polar surface area (TPSA) is 86.3 Å². The molecule has 0 aromatic carbocycles. The van der Waals surface area contributed by atoms with E-state index in [1.54, 1.807) is 13.8 Å². The average molecular weight is 267 g/mol. The number of hydrogen-bond donors (Lipinski definition) is 2. The van der Waals surface area contributed by atoms with E-state index in [9.17, 15) is 14.7 Å². The van der Waals surface area contributed by atoms with Crippen molar-refractivity contribution in [3.63, 3.8) is 0 Å². The molecular formula is C13H21N3O3. The summed E-state index contributed by atoms with van der Waals surface area (Å²) in [6.07, 6.45) is 0.424. The second kappa shape index (κ2) is 5.86. The Morgan fingerprint density at radius 3 is 2.32 bits per heavy atom. The summed E-state index contributed by atoms with van der Waals surface area (Å²) < 4.78 is 0. The van der Waals surface area contributed by atoms with Crippen LogP contribution in [0.25, 0.3) is 0 Å². The van der Waals surface area contributed by atoms with Crippen molar-refractivity contribution in [1.82, 2.24) is 15.1 Å². The summed E-state index contributed by atoms with van der Waals surface area (Å²) in [5.41, 5.74) is 1.70. The fraction of sp³-hybridized carbons (Fsp3) is 0.615. The molecule has 0 aliphatic rings. The van der Waals surface area contributed by atoms with E-state index in [2.05, 4.69) is 10.2 Å². The zero-order chi connectivity index (χ0) is 14.7. The quantitative estimate of drug-likeness (QED) is 0.848. The Morgan fingerprint density at radius 2 is 1.95 bits per heavy atom. The molecule has 2 N–H and O–H groups in total. The van der Waals surface area contributed by atoms with Crippen LogP contribution in [-0.4, -0.2) is 45.2 Å². The Labute approximate surface area is 112 Å². The first kappa shape index (κ1) is 15.2. The average Bonchev–Trinajstić information content (AvgIpc) is 2.63. The van der Waals surface area contributed by atoms with Crippen molar-refractivity contribution in [2.24, 2.45) is 5.92 Å². The first-order valence-corrected chi connectivity index (χ1v) is 6.27. The van der Waals surface area contributed by atoms with Crippen LogP contribution in [-0.2, 0) is 4.79 Å². The zero-order valence-electron chi connectivity index (χ0n) is 12.0. The molecule has 0 radical (unpaired) electrons. The van der Waals surface area contributed by atoms with Crippen molar-refractivity contribution in [1.29, 1.82) is 0 Å². The van der Waals surface area contributed by atoms with E-state index in [0.29, 0.717) is 23.4 Å². The van der Waals surface area contributed by atoms with Gasteiger partial charge in [-0.25, -0.2) is 4.79 Å². The van der Waals surface area contributed by atoms with Crippen LogP contribution in [0, 0.1) is 19.8 Å². The molecule has 0 spiro atoms. The number of amides is 1. The van der Waals surface area contributed by atoms with Crippen LogP contribution >= 0.6 is 0 Å². The van der Waals surface area contributed by atoms with E-state index in [0.717, 1.165) is 0 Å². The number of H-pyrrole nitrogens is 1. The van der Waals surface area contributed by atoms with Gasteiger partial charge in [-0.3, -0.25) is 9.89 Å². The minimum atomic E-state index is -0.983. The summed E-state index contributed by atoms with van der Waals surface area (Å²) in [4.78, 5) is 25.0. The predicted octanol–water partition coefficient (Wildman–Crippen LogP) is 1.60. The molecule has 0 aliphatic heterocycles. The molecule has 6 nitrogen and oxygen atoms in total. The molecule has 0 saturated carbocycles. The maximum Gasteiger partial charge on any atom is 0.326 e. The van der Waals surface area contributed by atoms with Gasteiger partial charge in [-0.1, -0.05) is 13.8 Å². The second-order valence-corrected chi connectivity index (χ2v) is 5.21. The van der Waals surface area contributed by atoms with Gasteiger partial charge in [-0.15, -0.1) is 0 Å². The van der Waals surface area contributed by atoms with Crippen molar-refractivity contribution >= 4 is 11.9 Å². The molecule has 0 saturated heterocycles. The maximum absolute atomic E-state index is 12.4. The summed E-state index contributed by atoms with van der Waals surface area (Å²) in [5.74, 6) is -1.09. The SMILES string of the molecule is Cc1n[nH]c(C)c1C(=O)N(C)C(CC(C)C)C(=O)O. The molecule has 6 heteroatoms. The maximum atomic E-state index is 12.4. The van der Waals surface area contributed by atoms with Gasteiger partial charge >= 0.3 is 5.97 Å². The minimum absolute atomic E-state index is 0.197. The number of rotatable bonds is 5. The van der Waals surface area contributed by atoms with Crippen molar-refractivity contribution < 1.29 is 14.7 Å². The Hall–Kier alpha value is -1.85. The number of carbonyl (C=O) groups excluding carboxylic acids is 1. The number of nitrogens with one attached hydrogen (secondary N) is 1. The van der Waals surface area contributed by atoms with Crippen LogP contribution < -0.4 is 0 Å². The highest BCUT2D eigenvalue weighted by molar-refractivity contribution is 5.98. The van der Waals surface area contributed by atoms with Crippen LogP contribution in [0.4, 0.5) is 0 Å². The van der Waals surface area contributed by atoms with Gasteiger partial charge in [0.15, 0.2) is 0 Å². The zero-order valence-corrected chi connectivity index (χ0v) is 12.0. The van der Waals surface area contributed by atoms with E-state index in [1.807, 2.05) is 13.8 Å². The van der Waals surface area contributed by atoms with Gasteiger partial charge in [0.25, 0.3) is 5.91 Å². The van der Waals surface area contributed by atoms with Crippen molar-refractivity contribution in [2.75, 3.05) is 7.05 Å². The Morgan fingerprint density at radius 1 is 1.37 bits per heavy atom. The van der Waals surface area contributed by atoms with Crippen LogP contribution in [0.5, 0.6) is 0 Å². The fourth-order valence-electron chi connectivity index (χ4n) is 2.06. The summed E-state index contributed by atoms with van der Waals surface area (Å²) in [6.45, 7) is 7.34. The van der Waals surface area contributed by atoms with Gasteiger partial charge in [0, 0.05) is 12.7 Å². The number of hydrogen-bond acceptors (Lipinski definition) is 3. The highest BCUT2D eigenvalue weighted by atomic mass is 16.4. The molecule has 106 valence electrons. The van der Waals surface area contributed by atoms with Crippen molar-refractivity contribution in [3.05, 3.63) is 17.0 Å². The van der Waals surface area contributed by atoms with Crippen molar-refractivity contribution in [2.45, 2.75) is 40.2 Å². The molecule has 0 fully saturated rings. The predicted molar refractivity (Wildman–Crippen MR) is 71.0 cm³/mol. The van der Waals surface area contributed by atoms with Crippen LogP contribution in [0.3, 0.4) is 0 Å². The van der Waals surface area contributed by atoms with E-state index < -0.39 is 12.0 Å². The number of aromatic nitrogens is 2. The van der Waals surface area contributed by atoms with Gasteiger partial charge in [0.2, 0.25) is 0 Å². The molecule has 1 aromatic heterocycles. The monoisotopic (exact) mass is 267 g/mol. The third-order valence-electron chi connectivity index (χ3n) is 3.11. The number of aryl methyl sites for hydroxylation is 2. The van der Waals surface area contributed by atoms with Gasteiger partial charge in [0.1, 0.15) is 6.04 Å². The van der Waals surface area contributed by atoms with Gasteiger partial charge in [-0.05, 0) is 26.2 Å². The molecule has 19 heavy (non-hydrogen) atoms. The molecule has 0 bridgehead atoms. The highest BCUT2D eigenvalue weighted by Gasteiger charge is 2.30. The van der Waals surface area contributed by atoms with Crippen molar-refractivity contribution in [3.8, 4) is 0 Å². The first-order chi connectivity index (χ1) is 8.75. The van der Waals surface area contributed by atoms with E-state index >= 15 is 0 Å². The number of carbonyl (C=O) groups is 2. The Kier molecular flexibility index (Phi) is 4.69. The van der Waals surface area contributed by atoms with E-state index in [-0.39, 0.29) is 11.8 Å². The summed E-state index contributed by atoms with van der Waals surface area (Å²) in [5, 5.41) is 16.0. The number of nitrogens with zero attached hydrogens (tertiary/aromatic N) is 2. The highest BCUT2D eigenvalue weighted by Crippen LogP contribution is 2.17. The second-order valence-electron chi connectivity index (χ2n) is 5.21. The molecule has 1 amide bonds. The molecule has 1 unspecified atom stereocenters. The van der Waals surface area contributed by atoms with Crippen LogP contribution in [0.1, 0.15) is 42.0 Å². The summed E-state index contributed by atoms with van der Waals surface area (Å²) in [7, 11) is 1.52. The Bertz CT molecular complexity index is 460. The van der Waals surface area contributed by atoms with Gasteiger partial charge in [0.05, 0.1) is 11.3 Å². The van der Waals surface area contributed by atoms with Crippen LogP contribution in [0.2, 0.25) is 0 Å². The molecule has 1 aromatic rings. The normalized spacial score (nSPS) is 12.5. The fourth-order valence-corrected chi connectivity index (χ4v) is 2.06. The number of carboxylic acid groups (broad SMARTS) is 1. The van der Waals surface area contributed by atoms with E-state index in [4.69, 9.17) is 0 Å². The standard InChI is InChI=1S/C13H21N3O3/c1-7(2)6-10(13(18)19)16(5)12(17)11-8(3)14-15-9(11)4/h7,10H,6H2,1-5H3,(H,14,15)(H,18,19). The third kappa shape index (κ3) is 3.33. The lowest BCUT2D eigenvalue weighted by Crippen LogP contribution is -2.43. The number of likely N-dealkylation sites (N-methyl/N-ethyl adjacent to an activating group) is 1. The number of aromatic amines is 1. The summed E-state index contributed by atoms with van der Waals surface area (Å²) >= 11 is 0. The minimum Gasteiger partial charge on any atom is -0.480 e. The Balaban J connectivity index is 3.00. The molecule has 1 rings (SSSR count). The largest absolute Gasteiger partial charge is 0.480 e. The third-order valence-corrected chi connectivity index (χ3v) is 3.11. The number of carboxylic acids is 1. The summed E-state index contributed by atoms with van der Waals surface area (Å²) in [6, 6.07) is -0.818. The lowest BCUT2D eigenvalue weighted by Gasteiger charge is -2.26. The molecule has 0 aliphatic carbocycles. The lowest BCUT2D eigenvalue weighted by molar-refractivity contribution is -0.142.